The maximum absolute atomic E-state index is 13.1. The zero-order valence-corrected chi connectivity index (χ0v) is 19.4. The van der Waals surface area contributed by atoms with E-state index in [2.05, 4.69) is 6.92 Å². The molecule has 0 saturated carbocycles. The summed E-state index contributed by atoms with van der Waals surface area (Å²) in [5, 5.41) is 11.2. The van der Waals surface area contributed by atoms with Gasteiger partial charge >= 0.3 is 0 Å². The molecule has 1 fully saturated rings. The number of aliphatic hydroxyl groups is 1. The molecule has 0 unspecified atom stereocenters. The topological polar surface area (TPSA) is 94.5 Å². The zero-order chi connectivity index (χ0) is 24.1. The number of aliphatic hydroxyl groups excluding tert-OH is 1. The van der Waals surface area contributed by atoms with Crippen molar-refractivity contribution in [3.63, 3.8) is 0 Å². The van der Waals surface area contributed by atoms with Crippen LogP contribution in [0.4, 0.5) is 0 Å². The van der Waals surface area contributed by atoms with Crippen molar-refractivity contribution < 1.29 is 33.6 Å². The van der Waals surface area contributed by atoms with Gasteiger partial charge in [0.2, 0.25) is 0 Å². The molecule has 8 nitrogen and oxygen atoms in total. The Morgan fingerprint density at radius 2 is 1.79 bits per heavy atom. The molecule has 8 heteroatoms. The predicted molar refractivity (Wildman–Crippen MR) is 125 cm³/mol. The van der Waals surface area contributed by atoms with Crippen molar-refractivity contribution in [3.8, 4) is 17.2 Å². The number of Topliss-reactive ketones (excluding diaryl/α,β-unsaturated/α-hetero) is 1. The average molecular weight is 468 g/mol. The van der Waals surface area contributed by atoms with E-state index in [1.807, 2.05) is 24.3 Å². The Balaban J connectivity index is 1.73. The number of methoxy groups -OCH3 is 1. The summed E-state index contributed by atoms with van der Waals surface area (Å²) in [4.78, 5) is 27.4. The SMILES string of the molecule is CCCCOc1ccc([C@@H]2C(=C(O)c3ccc4c(c3)OCCO4)C(=O)C(=O)N2CCOC)cc1. The highest BCUT2D eigenvalue weighted by molar-refractivity contribution is 6.46. The Morgan fingerprint density at radius 1 is 1.06 bits per heavy atom. The van der Waals surface area contributed by atoms with E-state index in [0.717, 1.165) is 12.8 Å². The molecule has 2 aromatic rings. The normalized spacial score (nSPS) is 18.9. The lowest BCUT2D eigenvalue weighted by atomic mass is 9.95. The van der Waals surface area contributed by atoms with Gasteiger partial charge < -0.3 is 29.0 Å². The molecule has 2 heterocycles. The van der Waals surface area contributed by atoms with Crippen molar-refractivity contribution in [2.45, 2.75) is 25.8 Å². The molecule has 34 heavy (non-hydrogen) atoms. The first-order chi connectivity index (χ1) is 16.5. The number of carbonyl (C=O) groups excluding carboxylic acids is 2. The number of ether oxygens (including phenoxy) is 4. The van der Waals surface area contributed by atoms with Crippen LogP contribution in [0, 0.1) is 0 Å². The number of hydrogen-bond donors (Lipinski definition) is 1. The van der Waals surface area contributed by atoms with Crippen molar-refractivity contribution in [1.29, 1.82) is 0 Å². The minimum absolute atomic E-state index is 0.0254. The molecule has 180 valence electrons. The van der Waals surface area contributed by atoms with Gasteiger partial charge in [-0.15, -0.1) is 0 Å². The van der Waals surface area contributed by atoms with Crippen molar-refractivity contribution >= 4 is 17.4 Å². The van der Waals surface area contributed by atoms with Crippen molar-refractivity contribution in [1.82, 2.24) is 4.90 Å². The van der Waals surface area contributed by atoms with Gasteiger partial charge in [-0.1, -0.05) is 25.5 Å². The summed E-state index contributed by atoms with van der Waals surface area (Å²) in [6, 6.07) is 11.4. The first kappa shape index (κ1) is 23.6. The molecule has 0 radical (unpaired) electrons. The molecular formula is C26H29NO7. The molecule has 1 atom stereocenters. The highest BCUT2D eigenvalue weighted by Gasteiger charge is 2.46. The molecule has 2 aromatic carbocycles. The van der Waals surface area contributed by atoms with Gasteiger partial charge in [-0.3, -0.25) is 9.59 Å². The summed E-state index contributed by atoms with van der Waals surface area (Å²) in [6.45, 7) is 4.01. The van der Waals surface area contributed by atoms with Gasteiger partial charge in [0.05, 0.1) is 24.8 Å². The minimum atomic E-state index is -0.756. The summed E-state index contributed by atoms with van der Waals surface area (Å²) in [6.07, 6.45) is 1.99. The fourth-order valence-corrected chi connectivity index (χ4v) is 4.07. The third-order valence-corrected chi connectivity index (χ3v) is 5.85. The Morgan fingerprint density at radius 3 is 2.50 bits per heavy atom. The lowest BCUT2D eigenvalue weighted by Gasteiger charge is -2.25. The number of likely N-dealkylation sites (tertiary alicyclic amines) is 1. The van der Waals surface area contributed by atoms with Crippen LogP contribution in [0.25, 0.3) is 5.76 Å². The highest BCUT2D eigenvalue weighted by Crippen LogP contribution is 2.41. The second-order valence-electron chi connectivity index (χ2n) is 8.11. The number of carbonyl (C=O) groups is 2. The Bertz CT molecular complexity index is 1080. The van der Waals surface area contributed by atoms with Gasteiger partial charge in [0.1, 0.15) is 24.7 Å². The third kappa shape index (κ3) is 4.72. The van der Waals surface area contributed by atoms with Gasteiger partial charge in [0.15, 0.2) is 11.5 Å². The summed E-state index contributed by atoms with van der Waals surface area (Å²) in [7, 11) is 1.53. The lowest BCUT2D eigenvalue weighted by molar-refractivity contribution is -0.140. The lowest BCUT2D eigenvalue weighted by Crippen LogP contribution is -2.32. The van der Waals surface area contributed by atoms with Crippen LogP contribution in [0.3, 0.4) is 0 Å². The second kappa shape index (κ2) is 10.6. The van der Waals surface area contributed by atoms with Crippen LogP contribution in [0.2, 0.25) is 0 Å². The van der Waals surface area contributed by atoms with Gasteiger partial charge in [0, 0.05) is 19.2 Å². The van der Waals surface area contributed by atoms with E-state index in [9.17, 15) is 14.7 Å². The molecule has 1 amide bonds. The largest absolute Gasteiger partial charge is 0.507 e. The van der Waals surface area contributed by atoms with Gasteiger partial charge in [-0.05, 0) is 42.3 Å². The van der Waals surface area contributed by atoms with Gasteiger partial charge in [0.25, 0.3) is 11.7 Å². The van der Waals surface area contributed by atoms with Crippen molar-refractivity contribution in [2.75, 3.05) is 40.1 Å². The average Bonchev–Trinajstić information content (AvgIpc) is 3.12. The number of benzene rings is 2. The molecular weight excluding hydrogens is 438 g/mol. The van der Waals surface area contributed by atoms with E-state index in [1.54, 1.807) is 18.2 Å². The van der Waals surface area contributed by atoms with Crippen molar-refractivity contribution in [3.05, 3.63) is 59.2 Å². The summed E-state index contributed by atoms with van der Waals surface area (Å²) < 4.78 is 22.0. The molecule has 4 rings (SSSR count). The first-order valence-corrected chi connectivity index (χ1v) is 11.4. The number of fused-ring (bicyclic) bond motifs is 1. The van der Waals surface area contributed by atoms with E-state index in [-0.39, 0.29) is 24.5 Å². The minimum Gasteiger partial charge on any atom is -0.507 e. The monoisotopic (exact) mass is 467 g/mol. The van der Waals surface area contributed by atoms with Gasteiger partial charge in [-0.2, -0.15) is 0 Å². The number of hydrogen-bond acceptors (Lipinski definition) is 7. The standard InChI is InChI=1S/C26H29NO7/c1-3-4-12-32-19-8-5-17(6-9-19)23-22(25(29)26(30)27(23)11-13-31-2)24(28)18-7-10-20-21(16-18)34-15-14-33-20/h5-10,16,23,28H,3-4,11-15H2,1-2H3/t23-/m1/s1. The first-order valence-electron chi connectivity index (χ1n) is 11.4. The molecule has 0 bridgehead atoms. The van der Waals surface area contributed by atoms with Crippen LogP contribution in [0.15, 0.2) is 48.0 Å². The number of nitrogens with zero attached hydrogens (tertiary/aromatic N) is 1. The Hall–Kier alpha value is -3.52. The molecule has 2 aliphatic heterocycles. The molecule has 0 aromatic heterocycles. The molecule has 0 spiro atoms. The summed E-state index contributed by atoms with van der Waals surface area (Å²) in [5.41, 5.74) is 1.09. The Labute approximate surface area is 198 Å². The fraction of sp³-hybridized carbons (Fsp3) is 0.385. The van der Waals surface area contributed by atoms with E-state index < -0.39 is 17.7 Å². The van der Waals surface area contributed by atoms with E-state index in [4.69, 9.17) is 18.9 Å². The molecule has 1 saturated heterocycles. The van der Waals surface area contributed by atoms with Crippen LogP contribution in [0.1, 0.15) is 36.9 Å². The maximum atomic E-state index is 13.1. The number of rotatable bonds is 9. The van der Waals surface area contributed by atoms with Crippen LogP contribution >= 0.6 is 0 Å². The molecule has 1 N–H and O–H groups in total. The van der Waals surface area contributed by atoms with Crippen LogP contribution < -0.4 is 14.2 Å². The molecule has 2 aliphatic rings. The number of unbranched alkanes of at least 4 members (excludes halogenated alkanes) is 1. The van der Waals surface area contributed by atoms with Crippen LogP contribution in [0.5, 0.6) is 17.2 Å². The van der Waals surface area contributed by atoms with Gasteiger partial charge in [-0.25, -0.2) is 0 Å². The second-order valence-corrected chi connectivity index (χ2v) is 8.11. The smallest absolute Gasteiger partial charge is 0.295 e. The van der Waals surface area contributed by atoms with Crippen molar-refractivity contribution in [2.24, 2.45) is 0 Å². The maximum Gasteiger partial charge on any atom is 0.295 e. The Kier molecular flexibility index (Phi) is 7.37. The van der Waals surface area contributed by atoms with Crippen LogP contribution in [-0.2, 0) is 14.3 Å². The summed E-state index contributed by atoms with van der Waals surface area (Å²) in [5.74, 6) is 0.0789. The van der Waals surface area contributed by atoms with E-state index >= 15 is 0 Å². The molecule has 0 aliphatic carbocycles. The summed E-state index contributed by atoms with van der Waals surface area (Å²) >= 11 is 0. The zero-order valence-electron chi connectivity index (χ0n) is 19.4. The predicted octanol–water partition coefficient (Wildman–Crippen LogP) is 3.70. The number of ketones is 1. The van der Waals surface area contributed by atoms with E-state index in [1.165, 1.54) is 12.0 Å². The third-order valence-electron chi connectivity index (χ3n) is 5.85. The van der Waals surface area contributed by atoms with Crippen LogP contribution in [-0.4, -0.2) is 61.8 Å². The highest BCUT2D eigenvalue weighted by atomic mass is 16.6. The van der Waals surface area contributed by atoms with E-state index in [0.29, 0.717) is 48.2 Å². The fourth-order valence-electron chi connectivity index (χ4n) is 4.07. The number of amides is 1. The quantitative estimate of drug-likeness (QED) is 0.260.